The number of nitro benzene ring substituents is 1. The number of ether oxygens (including phenoxy) is 1. The molecule has 0 fully saturated rings. The Balaban J connectivity index is 2.34. The number of ketones is 1. The van der Waals surface area contributed by atoms with E-state index in [1.807, 2.05) is 24.3 Å². The van der Waals surface area contributed by atoms with Crippen LogP contribution in [0.4, 0.5) is 5.69 Å². The average molecular weight is 285 g/mol. The number of hydrogen-bond donors (Lipinski definition) is 0. The van der Waals surface area contributed by atoms with Crippen molar-refractivity contribution < 1.29 is 14.5 Å². The number of non-ortho nitro benzene ring substituents is 1. The van der Waals surface area contributed by atoms with E-state index in [0.29, 0.717) is 11.5 Å². The number of carbonyl (C=O) groups is 1. The predicted octanol–water partition coefficient (Wildman–Crippen LogP) is 4.15. The number of rotatable bonds is 5. The fourth-order valence-corrected chi connectivity index (χ4v) is 1.92. The quantitative estimate of drug-likeness (QED) is 0.470. The molecule has 108 valence electrons. The molecule has 2 rings (SSSR count). The summed E-state index contributed by atoms with van der Waals surface area (Å²) >= 11 is 0. The maximum absolute atomic E-state index is 11.6. The Bertz CT molecular complexity index is 677. The van der Waals surface area contributed by atoms with Gasteiger partial charge in [-0.3, -0.25) is 14.9 Å². The lowest BCUT2D eigenvalue weighted by Crippen LogP contribution is -1.99. The predicted molar refractivity (Wildman–Crippen MR) is 79.0 cm³/mol. The summed E-state index contributed by atoms with van der Waals surface area (Å²) in [6.07, 6.45) is 0.927. The number of aryl methyl sites for hydroxylation is 1. The molecule has 0 heterocycles. The third kappa shape index (κ3) is 3.45. The number of carbonyl (C=O) groups excluding carboxylic acids is 1. The molecule has 0 aliphatic heterocycles. The summed E-state index contributed by atoms with van der Waals surface area (Å²) in [5, 5.41) is 10.8. The zero-order valence-corrected chi connectivity index (χ0v) is 11.8. The minimum atomic E-state index is -0.535. The SMILES string of the molecule is CCc1ccc(Oc2ccc([N+](=O)[O-])cc2C(C)=O)cc1. The largest absolute Gasteiger partial charge is 0.457 e. The standard InChI is InChI=1S/C16H15NO4/c1-3-12-4-7-14(8-5-12)21-16-9-6-13(17(19)20)10-15(16)11(2)18/h4-10H,3H2,1-2H3. The molecule has 2 aromatic rings. The Kier molecular flexibility index (Phi) is 4.33. The minimum absolute atomic E-state index is 0.131. The van der Waals surface area contributed by atoms with Crippen LogP contribution >= 0.6 is 0 Å². The van der Waals surface area contributed by atoms with Gasteiger partial charge in [0.15, 0.2) is 5.78 Å². The molecule has 0 saturated heterocycles. The van der Waals surface area contributed by atoms with Crippen molar-refractivity contribution in [2.45, 2.75) is 20.3 Å². The fourth-order valence-electron chi connectivity index (χ4n) is 1.92. The first kappa shape index (κ1) is 14.7. The van der Waals surface area contributed by atoms with Crippen molar-refractivity contribution in [1.29, 1.82) is 0 Å². The van der Waals surface area contributed by atoms with Crippen LogP contribution in [0.25, 0.3) is 0 Å². The Morgan fingerprint density at radius 2 is 1.86 bits per heavy atom. The van der Waals surface area contributed by atoms with Gasteiger partial charge in [-0.15, -0.1) is 0 Å². The van der Waals surface area contributed by atoms with E-state index in [2.05, 4.69) is 6.92 Å². The van der Waals surface area contributed by atoms with Gasteiger partial charge in [0, 0.05) is 12.1 Å². The molecule has 0 radical (unpaired) electrons. The summed E-state index contributed by atoms with van der Waals surface area (Å²) in [4.78, 5) is 21.9. The number of nitrogens with zero attached hydrogens (tertiary/aromatic N) is 1. The molecule has 0 atom stereocenters. The fraction of sp³-hybridized carbons (Fsp3) is 0.188. The van der Waals surface area contributed by atoms with Gasteiger partial charge in [0.1, 0.15) is 11.5 Å². The Morgan fingerprint density at radius 1 is 1.19 bits per heavy atom. The molecular weight excluding hydrogens is 270 g/mol. The van der Waals surface area contributed by atoms with Gasteiger partial charge >= 0.3 is 0 Å². The minimum Gasteiger partial charge on any atom is -0.457 e. The number of nitro groups is 1. The molecule has 0 N–H and O–H groups in total. The molecule has 0 aliphatic rings. The third-order valence-electron chi connectivity index (χ3n) is 3.11. The first-order valence-electron chi connectivity index (χ1n) is 6.57. The van der Waals surface area contributed by atoms with Gasteiger partial charge in [0.05, 0.1) is 10.5 Å². The summed E-state index contributed by atoms with van der Waals surface area (Å²) in [7, 11) is 0. The molecule has 5 nitrogen and oxygen atoms in total. The van der Waals surface area contributed by atoms with Crippen LogP contribution in [0.5, 0.6) is 11.5 Å². The molecule has 5 heteroatoms. The van der Waals surface area contributed by atoms with Crippen molar-refractivity contribution in [2.75, 3.05) is 0 Å². The average Bonchev–Trinajstić information content (AvgIpc) is 2.48. The van der Waals surface area contributed by atoms with Crippen LogP contribution in [0.1, 0.15) is 29.8 Å². The van der Waals surface area contributed by atoms with Crippen molar-refractivity contribution in [1.82, 2.24) is 0 Å². The van der Waals surface area contributed by atoms with Crippen LogP contribution in [-0.2, 0) is 6.42 Å². The molecule has 0 amide bonds. The van der Waals surface area contributed by atoms with Gasteiger partial charge in [0.25, 0.3) is 5.69 Å². The molecule has 0 spiro atoms. The summed E-state index contributed by atoms with van der Waals surface area (Å²) in [6, 6.07) is 11.5. The smallest absolute Gasteiger partial charge is 0.270 e. The monoisotopic (exact) mass is 285 g/mol. The highest BCUT2D eigenvalue weighted by Gasteiger charge is 2.15. The van der Waals surface area contributed by atoms with Crippen LogP contribution in [-0.4, -0.2) is 10.7 Å². The van der Waals surface area contributed by atoms with E-state index in [0.717, 1.165) is 6.42 Å². The second-order valence-corrected chi connectivity index (χ2v) is 4.59. The van der Waals surface area contributed by atoms with Gasteiger partial charge in [-0.25, -0.2) is 0 Å². The van der Waals surface area contributed by atoms with Gasteiger partial charge in [-0.2, -0.15) is 0 Å². The van der Waals surface area contributed by atoms with Crippen molar-refractivity contribution in [2.24, 2.45) is 0 Å². The first-order chi connectivity index (χ1) is 10.0. The second kappa shape index (κ2) is 6.17. The van der Waals surface area contributed by atoms with Gasteiger partial charge in [0.2, 0.25) is 0 Å². The maximum Gasteiger partial charge on any atom is 0.270 e. The zero-order valence-electron chi connectivity index (χ0n) is 11.8. The summed E-state index contributed by atoms with van der Waals surface area (Å²) < 4.78 is 5.66. The number of Topliss-reactive ketones (excluding diaryl/α,β-unsaturated/α-hetero) is 1. The number of hydrogen-bond acceptors (Lipinski definition) is 4. The molecular formula is C16H15NO4. The number of benzene rings is 2. The van der Waals surface area contributed by atoms with Crippen LogP contribution in [0.15, 0.2) is 42.5 Å². The highest BCUT2D eigenvalue weighted by molar-refractivity contribution is 5.97. The highest BCUT2D eigenvalue weighted by Crippen LogP contribution is 2.29. The van der Waals surface area contributed by atoms with E-state index < -0.39 is 4.92 Å². The second-order valence-electron chi connectivity index (χ2n) is 4.59. The van der Waals surface area contributed by atoms with Gasteiger partial charge in [-0.1, -0.05) is 19.1 Å². The highest BCUT2D eigenvalue weighted by atomic mass is 16.6. The van der Waals surface area contributed by atoms with Gasteiger partial charge in [-0.05, 0) is 37.1 Å². The molecule has 2 aromatic carbocycles. The topological polar surface area (TPSA) is 69.4 Å². The van der Waals surface area contributed by atoms with E-state index in [1.165, 1.54) is 30.7 Å². The third-order valence-corrected chi connectivity index (χ3v) is 3.11. The van der Waals surface area contributed by atoms with Crippen LogP contribution in [0.3, 0.4) is 0 Å². The lowest BCUT2D eigenvalue weighted by molar-refractivity contribution is -0.384. The summed E-state index contributed by atoms with van der Waals surface area (Å²) in [5.41, 5.74) is 1.25. The maximum atomic E-state index is 11.6. The molecule has 0 bridgehead atoms. The van der Waals surface area contributed by atoms with Crippen molar-refractivity contribution >= 4 is 11.5 Å². The van der Waals surface area contributed by atoms with Crippen LogP contribution in [0.2, 0.25) is 0 Å². The molecule has 0 unspecified atom stereocenters. The lowest BCUT2D eigenvalue weighted by Gasteiger charge is -2.09. The van der Waals surface area contributed by atoms with E-state index >= 15 is 0 Å². The lowest BCUT2D eigenvalue weighted by atomic mass is 10.1. The van der Waals surface area contributed by atoms with Crippen molar-refractivity contribution in [3.63, 3.8) is 0 Å². The Labute approximate surface area is 122 Å². The first-order valence-corrected chi connectivity index (χ1v) is 6.57. The zero-order chi connectivity index (χ0) is 15.4. The van der Waals surface area contributed by atoms with Crippen LogP contribution in [0, 0.1) is 10.1 Å². The van der Waals surface area contributed by atoms with Crippen molar-refractivity contribution in [3.8, 4) is 11.5 Å². The van der Waals surface area contributed by atoms with E-state index in [1.54, 1.807) is 0 Å². The summed E-state index contributed by atoms with van der Waals surface area (Å²) in [6.45, 7) is 3.41. The molecule has 0 aromatic heterocycles. The summed E-state index contributed by atoms with van der Waals surface area (Å²) in [5.74, 6) is 0.625. The Morgan fingerprint density at radius 3 is 2.38 bits per heavy atom. The van der Waals surface area contributed by atoms with E-state index in [4.69, 9.17) is 4.74 Å². The van der Waals surface area contributed by atoms with Gasteiger partial charge < -0.3 is 4.74 Å². The molecule has 21 heavy (non-hydrogen) atoms. The Hall–Kier alpha value is -2.69. The van der Waals surface area contributed by atoms with Crippen molar-refractivity contribution in [3.05, 3.63) is 63.7 Å². The molecule has 0 aliphatic carbocycles. The molecule has 0 saturated carbocycles. The normalized spacial score (nSPS) is 10.2. The van der Waals surface area contributed by atoms with E-state index in [-0.39, 0.29) is 17.0 Å². The van der Waals surface area contributed by atoms with Crippen LogP contribution < -0.4 is 4.74 Å². The van der Waals surface area contributed by atoms with E-state index in [9.17, 15) is 14.9 Å².